The van der Waals surface area contributed by atoms with Gasteiger partial charge in [0.15, 0.2) is 9.84 Å². The van der Waals surface area contributed by atoms with Gasteiger partial charge in [-0.05, 0) is 41.8 Å². The van der Waals surface area contributed by atoms with E-state index in [0.29, 0.717) is 4.90 Å². The van der Waals surface area contributed by atoms with Crippen LogP contribution in [-0.4, -0.2) is 14.7 Å². The standard InChI is InChI=1S/C14H15NO2S/c1-10-13(4-3-5-14(10)15)11-6-8-12(9-7-11)18(2,16)17/h3-9H,15H2,1-2H3. The smallest absolute Gasteiger partial charge is 0.175 e. The molecular formula is C14H15NO2S. The molecule has 0 aliphatic rings. The van der Waals surface area contributed by atoms with Crippen LogP contribution >= 0.6 is 0 Å². The van der Waals surface area contributed by atoms with Gasteiger partial charge in [-0.3, -0.25) is 0 Å². The minimum absolute atomic E-state index is 0.327. The average molecular weight is 261 g/mol. The predicted octanol–water partition coefficient (Wildman–Crippen LogP) is 2.65. The SMILES string of the molecule is Cc1c(N)cccc1-c1ccc(S(C)(=O)=O)cc1. The second-order valence-corrected chi connectivity index (χ2v) is 6.33. The van der Waals surface area contributed by atoms with Gasteiger partial charge in [-0.2, -0.15) is 0 Å². The van der Waals surface area contributed by atoms with Crippen LogP contribution in [0.3, 0.4) is 0 Å². The number of hydrogen-bond acceptors (Lipinski definition) is 3. The van der Waals surface area contributed by atoms with Crippen molar-refractivity contribution in [2.45, 2.75) is 11.8 Å². The molecule has 0 fully saturated rings. The van der Waals surface area contributed by atoms with Crippen molar-refractivity contribution in [3.05, 3.63) is 48.0 Å². The van der Waals surface area contributed by atoms with Crippen molar-refractivity contribution in [3.8, 4) is 11.1 Å². The van der Waals surface area contributed by atoms with Gasteiger partial charge in [0, 0.05) is 11.9 Å². The summed E-state index contributed by atoms with van der Waals surface area (Å²) in [7, 11) is -3.14. The van der Waals surface area contributed by atoms with Crippen molar-refractivity contribution < 1.29 is 8.42 Å². The van der Waals surface area contributed by atoms with Crippen LogP contribution in [0.1, 0.15) is 5.56 Å². The summed E-state index contributed by atoms with van der Waals surface area (Å²) >= 11 is 0. The van der Waals surface area contributed by atoms with Gasteiger partial charge in [0.2, 0.25) is 0 Å². The number of sulfone groups is 1. The molecule has 0 aliphatic carbocycles. The van der Waals surface area contributed by atoms with Crippen LogP contribution in [-0.2, 0) is 9.84 Å². The van der Waals surface area contributed by atoms with Crippen LogP contribution < -0.4 is 5.73 Å². The molecule has 0 heterocycles. The van der Waals surface area contributed by atoms with Crippen molar-refractivity contribution in [1.82, 2.24) is 0 Å². The Kier molecular flexibility index (Phi) is 3.13. The molecule has 94 valence electrons. The number of rotatable bonds is 2. The van der Waals surface area contributed by atoms with Gasteiger partial charge >= 0.3 is 0 Å². The molecule has 2 aromatic carbocycles. The maximum Gasteiger partial charge on any atom is 0.175 e. The van der Waals surface area contributed by atoms with E-state index in [1.165, 1.54) is 6.26 Å². The minimum Gasteiger partial charge on any atom is -0.398 e. The number of nitrogens with two attached hydrogens (primary N) is 1. The highest BCUT2D eigenvalue weighted by Gasteiger charge is 2.08. The van der Waals surface area contributed by atoms with Gasteiger partial charge in [0.1, 0.15) is 0 Å². The Labute approximate surface area is 107 Å². The average Bonchev–Trinajstić information content (AvgIpc) is 2.32. The van der Waals surface area contributed by atoms with E-state index in [1.807, 2.05) is 25.1 Å². The monoisotopic (exact) mass is 261 g/mol. The number of anilines is 1. The molecule has 0 saturated carbocycles. The lowest BCUT2D eigenvalue weighted by Crippen LogP contribution is -1.97. The van der Waals surface area contributed by atoms with Crippen LogP contribution in [0, 0.1) is 6.92 Å². The van der Waals surface area contributed by atoms with Crippen molar-refractivity contribution in [3.63, 3.8) is 0 Å². The van der Waals surface area contributed by atoms with E-state index in [1.54, 1.807) is 24.3 Å². The van der Waals surface area contributed by atoms with Gasteiger partial charge in [0.25, 0.3) is 0 Å². The molecule has 0 aromatic heterocycles. The predicted molar refractivity (Wildman–Crippen MR) is 74.1 cm³/mol. The summed E-state index contributed by atoms with van der Waals surface area (Å²) in [4.78, 5) is 0.327. The lowest BCUT2D eigenvalue weighted by atomic mass is 9.99. The zero-order valence-electron chi connectivity index (χ0n) is 10.3. The number of nitrogen functional groups attached to an aromatic ring is 1. The highest BCUT2D eigenvalue weighted by atomic mass is 32.2. The lowest BCUT2D eigenvalue weighted by molar-refractivity contribution is 0.602. The van der Waals surface area contributed by atoms with Gasteiger partial charge in [0.05, 0.1) is 4.90 Å². The largest absolute Gasteiger partial charge is 0.398 e. The molecule has 0 aliphatic heterocycles. The van der Waals surface area contributed by atoms with E-state index in [4.69, 9.17) is 5.73 Å². The minimum atomic E-state index is -3.14. The molecule has 0 radical (unpaired) electrons. The molecule has 0 saturated heterocycles. The van der Waals surface area contributed by atoms with Gasteiger partial charge in [-0.15, -0.1) is 0 Å². The summed E-state index contributed by atoms with van der Waals surface area (Å²) in [6, 6.07) is 12.6. The third-order valence-corrected chi connectivity index (χ3v) is 4.10. The van der Waals surface area contributed by atoms with Gasteiger partial charge < -0.3 is 5.73 Å². The maximum atomic E-state index is 11.4. The molecule has 3 nitrogen and oxygen atoms in total. The quantitative estimate of drug-likeness (QED) is 0.845. The van der Waals surface area contributed by atoms with E-state index in [2.05, 4.69) is 0 Å². The maximum absolute atomic E-state index is 11.4. The Morgan fingerprint density at radius 1 is 1.00 bits per heavy atom. The lowest BCUT2D eigenvalue weighted by Gasteiger charge is -2.09. The molecule has 0 spiro atoms. The summed E-state index contributed by atoms with van der Waals surface area (Å²) in [6.07, 6.45) is 1.20. The van der Waals surface area contributed by atoms with E-state index in [-0.39, 0.29) is 0 Å². The van der Waals surface area contributed by atoms with Crippen molar-refractivity contribution in [2.24, 2.45) is 0 Å². The number of benzene rings is 2. The molecule has 0 bridgehead atoms. The summed E-state index contributed by atoms with van der Waals surface area (Å²) in [6.45, 7) is 1.95. The first kappa shape index (κ1) is 12.6. The van der Waals surface area contributed by atoms with Crippen LogP contribution in [0.2, 0.25) is 0 Å². The molecule has 0 unspecified atom stereocenters. The normalized spacial score (nSPS) is 11.4. The Morgan fingerprint density at radius 2 is 1.61 bits per heavy atom. The van der Waals surface area contributed by atoms with E-state index in [9.17, 15) is 8.42 Å². The molecule has 0 amide bonds. The molecule has 18 heavy (non-hydrogen) atoms. The first-order valence-electron chi connectivity index (χ1n) is 5.55. The first-order chi connectivity index (χ1) is 8.39. The zero-order chi connectivity index (χ0) is 13.3. The fourth-order valence-electron chi connectivity index (χ4n) is 1.85. The first-order valence-corrected chi connectivity index (χ1v) is 7.44. The highest BCUT2D eigenvalue weighted by molar-refractivity contribution is 7.90. The molecule has 2 N–H and O–H groups in total. The van der Waals surface area contributed by atoms with Crippen molar-refractivity contribution in [2.75, 3.05) is 12.0 Å². The molecule has 2 rings (SSSR count). The van der Waals surface area contributed by atoms with Crippen LogP contribution in [0.15, 0.2) is 47.4 Å². The molecule has 2 aromatic rings. The summed E-state index contributed by atoms with van der Waals surface area (Å²) in [5, 5.41) is 0. The second-order valence-electron chi connectivity index (χ2n) is 4.32. The van der Waals surface area contributed by atoms with E-state index >= 15 is 0 Å². The van der Waals surface area contributed by atoms with Crippen LogP contribution in [0.4, 0.5) is 5.69 Å². The van der Waals surface area contributed by atoms with Crippen molar-refractivity contribution >= 4 is 15.5 Å². The van der Waals surface area contributed by atoms with E-state index < -0.39 is 9.84 Å². The Bertz CT molecular complexity index is 673. The third kappa shape index (κ3) is 2.38. The van der Waals surface area contributed by atoms with Gasteiger partial charge in [-0.25, -0.2) is 8.42 Å². The fourth-order valence-corrected chi connectivity index (χ4v) is 2.48. The molecule has 0 atom stereocenters. The number of hydrogen-bond donors (Lipinski definition) is 1. The van der Waals surface area contributed by atoms with Crippen LogP contribution in [0.25, 0.3) is 11.1 Å². The molecule has 4 heteroatoms. The van der Waals surface area contributed by atoms with Crippen molar-refractivity contribution in [1.29, 1.82) is 0 Å². The third-order valence-electron chi connectivity index (χ3n) is 2.97. The topological polar surface area (TPSA) is 60.2 Å². The Hall–Kier alpha value is -1.81. The fraction of sp³-hybridized carbons (Fsp3) is 0.143. The molecular weight excluding hydrogens is 246 g/mol. The Balaban J connectivity index is 2.50. The second kappa shape index (κ2) is 4.46. The summed E-state index contributed by atoms with van der Waals surface area (Å²) in [5.74, 6) is 0. The Morgan fingerprint density at radius 3 is 2.17 bits per heavy atom. The highest BCUT2D eigenvalue weighted by Crippen LogP contribution is 2.27. The van der Waals surface area contributed by atoms with E-state index in [0.717, 1.165) is 22.4 Å². The summed E-state index contributed by atoms with van der Waals surface area (Å²) in [5.41, 5.74) is 9.59. The van der Waals surface area contributed by atoms with Gasteiger partial charge in [-0.1, -0.05) is 24.3 Å². The summed E-state index contributed by atoms with van der Waals surface area (Å²) < 4.78 is 22.8. The zero-order valence-corrected chi connectivity index (χ0v) is 11.2. The van der Waals surface area contributed by atoms with Crippen LogP contribution in [0.5, 0.6) is 0 Å².